The zero-order chi connectivity index (χ0) is 26.5. The van der Waals surface area contributed by atoms with E-state index in [1.807, 2.05) is 84.9 Å². The second-order valence-corrected chi connectivity index (χ2v) is 9.25. The predicted molar refractivity (Wildman–Crippen MR) is 142 cm³/mol. The van der Waals surface area contributed by atoms with Crippen molar-refractivity contribution in [3.05, 3.63) is 102 Å². The molecule has 0 saturated heterocycles. The Hall–Kier alpha value is -4.17. The van der Waals surface area contributed by atoms with Gasteiger partial charge in [0, 0.05) is 5.56 Å². The lowest BCUT2D eigenvalue weighted by Gasteiger charge is -2.22. The molecule has 37 heavy (non-hydrogen) atoms. The molecule has 0 aliphatic carbocycles. The minimum atomic E-state index is -1.01. The number of hydrogen-bond donors (Lipinski definition) is 2. The highest BCUT2D eigenvalue weighted by Crippen LogP contribution is 2.17. The van der Waals surface area contributed by atoms with Gasteiger partial charge in [-0.25, -0.2) is 10.2 Å². The van der Waals surface area contributed by atoms with Crippen LogP contribution >= 0.6 is 0 Å². The number of ether oxygens (including phenoxy) is 3. The molecule has 0 bridgehead atoms. The average molecular weight is 504 g/mol. The van der Waals surface area contributed by atoms with E-state index < -0.39 is 23.6 Å². The molecule has 3 aromatic carbocycles. The van der Waals surface area contributed by atoms with Crippen LogP contribution in [0, 0.1) is 0 Å². The van der Waals surface area contributed by atoms with Crippen molar-refractivity contribution in [2.24, 2.45) is 5.10 Å². The number of para-hydroxylation sites is 1. The summed E-state index contributed by atoms with van der Waals surface area (Å²) in [7, 11) is 0. The molecule has 0 heterocycles. The van der Waals surface area contributed by atoms with Crippen molar-refractivity contribution in [3.63, 3.8) is 0 Å². The molecule has 8 heteroatoms. The Labute approximate surface area is 217 Å². The molecule has 0 saturated carbocycles. The lowest BCUT2D eigenvalue weighted by atomic mass is 10.2. The highest BCUT2D eigenvalue weighted by molar-refractivity contribution is 5.88. The third-order valence-corrected chi connectivity index (χ3v) is 4.94. The molecule has 8 nitrogen and oxygen atoms in total. The lowest BCUT2D eigenvalue weighted by Crippen LogP contribution is -2.49. The highest BCUT2D eigenvalue weighted by Gasteiger charge is 2.24. The molecule has 194 valence electrons. The van der Waals surface area contributed by atoms with Gasteiger partial charge in [-0.1, -0.05) is 72.8 Å². The van der Waals surface area contributed by atoms with E-state index in [0.717, 1.165) is 11.1 Å². The Morgan fingerprint density at radius 2 is 1.46 bits per heavy atom. The number of nitrogens with zero attached hydrogens (tertiary/aromatic N) is 1. The third kappa shape index (κ3) is 10.1. The summed E-state index contributed by atoms with van der Waals surface area (Å²) in [5.41, 5.74) is 4.44. The number of carbonyl (C=O) groups is 2. The monoisotopic (exact) mass is 503 g/mol. The minimum absolute atomic E-state index is 0.0632. The van der Waals surface area contributed by atoms with Gasteiger partial charge in [0.1, 0.15) is 24.0 Å². The number of alkyl carbamates (subject to hydrolysis) is 1. The van der Waals surface area contributed by atoms with Gasteiger partial charge in [-0.15, -0.1) is 0 Å². The number of amides is 2. The molecule has 0 aromatic heterocycles. The largest absolute Gasteiger partial charge is 0.488 e. The molecule has 2 amide bonds. The third-order valence-electron chi connectivity index (χ3n) is 4.94. The van der Waals surface area contributed by atoms with Gasteiger partial charge in [0.2, 0.25) is 0 Å². The molecule has 3 rings (SSSR count). The Kier molecular flexibility index (Phi) is 10.2. The molecule has 0 aliphatic heterocycles. The standard InChI is InChI=1S/C29H33N3O5/c1-29(2,3)37-28(34)31-25(21-35-19-22-12-6-4-7-13-22)27(33)32-30-18-24-16-10-11-17-26(24)36-20-23-14-8-5-9-15-23/h4-18,25H,19-21H2,1-3H3,(H,31,34)(H,32,33)/b30-18-/t25-/m0/s1. The van der Waals surface area contributed by atoms with E-state index in [2.05, 4.69) is 15.8 Å². The van der Waals surface area contributed by atoms with Gasteiger partial charge >= 0.3 is 6.09 Å². The molecule has 0 spiro atoms. The summed E-state index contributed by atoms with van der Waals surface area (Å²) < 4.78 is 16.9. The normalized spacial score (nSPS) is 12.1. The SMILES string of the molecule is CC(C)(C)OC(=O)N[C@@H](COCc1ccccc1)C(=O)N/N=C\c1ccccc1OCc1ccccc1. The summed E-state index contributed by atoms with van der Waals surface area (Å²) in [5, 5.41) is 6.64. The Bertz CT molecular complexity index is 1160. The first-order valence-electron chi connectivity index (χ1n) is 12.0. The molecule has 2 N–H and O–H groups in total. The van der Waals surface area contributed by atoms with E-state index in [0.29, 0.717) is 17.9 Å². The van der Waals surface area contributed by atoms with Crippen LogP contribution in [0.25, 0.3) is 0 Å². The summed E-state index contributed by atoms with van der Waals surface area (Å²) in [6, 6.07) is 25.7. The minimum Gasteiger partial charge on any atom is -0.488 e. The van der Waals surface area contributed by atoms with Crippen LogP contribution in [-0.2, 0) is 27.5 Å². The molecular weight excluding hydrogens is 470 g/mol. The molecule has 0 fully saturated rings. The number of nitrogens with one attached hydrogen (secondary N) is 2. The van der Waals surface area contributed by atoms with Crippen molar-refractivity contribution in [2.45, 2.75) is 45.6 Å². The van der Waals surface area contributed by atoms with Gasteiger partial charge in [-0.2, -0.15) is 5.10 Å². The van der Waals surface area contributed by atoms with Gasteiger partial charge in [0.25, 0.3) is 5.91 Å². The van der Waals surface area contributed by atoms with Gasteiger partial charge < -0.3 is 19.5 Å². The van der Waals surface area contributed by atoms with Crippen molar-refractivity contribution in [1.82, 2.24) is 10.7 Å². The maximum Gasteiger partial charge on any atom is 0.408 e. The number of rotatable bonds is 11. The molecule has 3 aromatic rings. The van der Waals surface area contributed by atoms with Crippen LogP contribution in [0.2, 0.25) is 0 Å². The van der Waals surface area contributed by atoms with Crippen molar-refractivity contribution in [3.8, 4) is 5.75 Å². The molecular formula is C29H33N3O5. The fraction of sp³-hybridized carbons (Fsp3) is 0.276. The number of hydrazone groups is 1. The number of hydrogen-bond acceptors (Lipinski definition) is 6. The molecule has 0 radical (unpaired) electrons. The predicted octanol–water partition coefficient (Wildman–Crippen LogP) is 4.83. The summed E-state index contributed by atoms with van der Waals surface area (Å²) in [6.07, 6.45) is 0.771. The molecule has 1 atom stereocenters. The quantitative estimate of drug-likeness (QED) is 0.289. The Balaban J connectivity index is 1.61. The average Bonchev–Trinajstić information content (AvgIpc) is 2.87. The second-order valence-electron chi connectivity index (χ2n) is 9.25. The maximum atomic E-state index is 12.9. The van der Waals surface area contributed by atoms with E-state index >= 15 is 0 Å². The summed E-state index contributed by atoms with van der Waals surface area (Å²) in [4.78, 5) is 25.2. The van der Waals surface area contributed by atoms with Crippen LogP contribution in [0.4, 0.5) is 4.79 Å². The molecule has 0 unspecified atom stereocenters. The van der Waals surface area contributed by atoms with Crippen molar-refractivity contribution < 1.29 is 23.8 Å². The Morgan fingerprint density at radius 3 is 2.11 bits per heavy atom. The van der Waals surface area contributed by atoms with Crippen LogP contribution in [0.3, 0.4) is 0 Å². The van der Waals surface area contributed by atoms with Crippen LogP contribution < -0.4 is 15.5 Å². The van der Waals surface area contributed by atoms with Gasteiger partial charge in [-0.05, 0) is 44.0 Å². The first kappa shape index (κ1) is 27.4. The van der Waals surface area contributed by atoms with E-state index in [-0.39, 0.29) is 13.2 Å². The topological polar surface area (TPSA) is 98.2 Å². The lowest BCUT2D eigenvalue weighted by molar-refractivity contribution is -0.124. The van der Waals surface area contributed by atoms with Gasteiger partial charge in [0.15, 0.2) is 0 Å². The van der Waals surface area contributed by atoms with E-state index in [1.165, 1.54) is 6.21 Å². The maximum absolute atomic E-state index is 12.9. The fourth-order valence-electron chi connectivity index (χ4n) is 3.20. The smallest absolute Gasteiger partial charge is 0.408 e. The van der Waals surface area contributed by atoms with Crippen LogP contribution in [0.15, 0.2) is 90.0 Å². The van der Waals surface area contributed by atoms with Crippen molar-refractivity contribution >= 4 is 18.2 Å². The number of benzene rings is 3. The zero-order valence-electron chi connectivity index (χ0n) is 21.3. The molecule has 0 aliphatic rings. The van der Waals surface area contributed by atoms with E-state index in [9.17, 15) is 9.59 Å². The van der Waals surface area contributed by atoms with Crippen LogP contribution in [-0.4, -0.2) is 36.5 Å². The highest BCUT2D eigenvalue weighted by atomic mass is 16.6. The van der Waals surface area contributed by atoms with Crippen molar-refractivity contribution in [2.75, 3.05) is 6.61 Å². The van der Waals surface area contributed by atoms with E-state index in [4.69, 9.17) is 14.2 Å². The van der Waals surface area contributed by atoms with E-state index in [1.54, 1.807) is 20.8 Å². The van der Waals surface area contributed by atoms with Gasteiger partial charge in [-0.3, -0.25) is 4.79 Å². The zero-order valence-corrected chi connectivity index (χ0v) is 21.3. The fourth-order valence-corrected chi connectivity index (χ4v) is 3.20. The second kappa shape index (κ2) is 13.8. The van der Waals surface area contributed by atoms with Gasteiger partial charge in [0.05, 0.1) is 19.4 Å². The first-order valence-corrected chi connectivity index (χ1v) is 12.0. The number of carbonyl (C=O) groups excluding carboxylic acids is 2. The van der Waals surface area contributed by atoms with Crippen LogP contribution in [0.5, 0.6) is 5.75 Å². The summed E-state index contributed by atoms with van der Waals surface area (Å²) >= 11 is 0. The van der Waals surface area contributed by atoms with Crippen LogP contribution in [0.1, 0.15) is 37.5 Å². The Morgan fingerprint density at radius 1 is 0.865 bits per heavy atom. The first-order chi connectivity index (χ1) is 17.8. The van der Waals surface area contributed by atoms with Crippen molar-refractivity contribution in [1.29, 1.82) is 0 Å². The summed E-state index contributed by atoms with van der Waals surface area (Å²) in [5.74, 6) is 0.0804. The summed E-state index contributed by atoms with van der Waals surface area (Å²) in [6.45, 7) is 5.86.